The first-order valence-corrected chi connectivity index (χ1v) is 26.6. The van der Waals surface area contributed by atoms with Gasteiger partial charge in [-0.2, -0.15) is 0 Å². The molecule has 7 atom stereocenters. The summed E-state index contributed by atoms with van der Waals surface area (Å²) >= 11 is 0. The molecule has 23 nitrogen and oxygen atoms in total. The minimum absolute atomic E-state index is 0.00877. The van der Waals surface area contributed by atoms with Gasteiger partial charge in [0.1, 0.15) is 58.5 Å². The molecule has 10 amide bonds. The van der Waals surface area contributed by atoms with Gasteiger partial charge < -0.3 is 62.6 Å². The van der Waals surface area contributed by atoms with Gasteiger partial charge in [-0.1, -0.05) is 106 Å². The number of carbonyl (C=O) groups excluding carboxylic acids is 11. The van der Waals surface area contributed by atoms with Crippen molar-refractivity contribution in [3.05, 3.63) is 35.9 Å². The SMILES string of the molecule is CC[C@H](C)[C@H](NC(=O)[C@H](NC(=O)[C@H](NC(=O)C(C)(C)NC(=O)CNC(=O)[C@@H](NC(=O)OC(C)(C)C)C(C)C)C(C)C)C(C)C)C(=O)NC(C)(C)C(=O)N[C@@H](Cc1ccccc1)C(=O)N[C@H](C(=O)NC(C)(C)C(=O)OC)C(C)C. The number of methoxy groups -OCH3 is 1. The van der Waals surface area contributed by atoms with Crippen LogP contribution < -0.4 is 53.2 Å². The van der Waals surface area contributed by atoms with Crippen LogP contribution in [0.3, 0.4) is 0 Å². The third-order valence-corrected chi connectivity index (χ3v) is 12.6. The molecule has 0 saturated carbocycles. The molecule has 0 saturated heterocycles. The molecule has 0 aliphatic rings. The van der Waals surface area contributed by atoms with Crippen molar-refractivity contribution in [3.63, 3.8) is 0 Å². The number of nitrogens with one attached hydrogen (secondary N) is 10. The van der Waals surface area contributed by atoms with Crippen LogP contribution in [0, 0.1) is 29.6 Å². The van der Waals surface area contributed by atoms with E-state index >= 15 is 0 Å². The summed E-state index contributed by atoms with van der Waals surface area (Å²) in [5, 5.41) is 26.5. The number of alkyl carbamates (subject to hydrolysis) is 1. The van der Waals surface area contributed by atoms with E-state index in [1.165, 1.54) is 48.7 Å². The first-order valence-electron chi connectivity index (χ1n) is 26.6. The van der Waals surface area contributed by atoms with E-state index in [2.05, 4.69) is 53.2 Å². The summed E-state index contributed by atoms with van der Waals surface area (Å²) in [5.41, 5.74) is -4.88. The van der Waals surface area contributed by atoms with Gasteiger partial charge in [-0.05, 0) is 97.5 Å². The van der Waals surface area contributed by atoms with Crippen molar-refractivity contribution in [3.8, 4) is 0 Å². The molecule has 1 aromatic rings. The molecular weight excluding hydrogens is 1010 g/mol. The summed E-state index contributed by atoms with van der Waals surface area (Å²) in [6.45, 7) is 30.0. The summed E-state index contributed by atoms with van der Waals surface area (Å²) in [4.78, 5) is 149. The van der Waals surface area contributed by atoms with Crippen molar-refractivity contribution in [1.29, 1.82) is 0 Å². The number of esters is 1. The molecule has 0 fully saturated rings. The molecule has 0 aromatic heterocycles. The maximum atomic E-state index is 14.2. The normalized spacial score (nSPS) is 14.7. The van der Waals surface area contributed by atoms with E-state index in [4.69, 9.17) is 9.47 Å². The number of ether oxygens (including phenoxy) is 2. The van der Waals surface area contributed by atoms with Crippen molar-refractivity contribution < 1.29 is 62.2 Å². The smallest absolute Gasteiger partial charge is 0.408 e. The Kier molecular flexibility index (Phi) is 26.4. The highest BCUT2D eigenvalue weighted by molar-refractivity contribution is 6.00. The summed E-state index contributed by atoms with van der Waals surface area (Å²) in [5.74, 6) is -9.64. The second-order valence-electron chi connectivity index (χ2n) is 23.7. The topological polar surface area (TPSA) is 327 Å². The van der Waals surface area contributed by atoms with E-state index < -0.39 is 154 Å². The van der Waals surface area contributed by atoms with Gasteiger partial charge in [-0.25, -0.2) is 9.59 Å². The van der Waals surface area contributed by atoms with Crippen LogP contribution in [0.2, 0.25) is 0 Å². The molecule has 440 valence electrons. The van der Waals surface area contributed by atoms with Crippen LogP contribution >= 0.6 is 0 Å². The summed E-state index contributed by atoms with van der Waals surface area (Å²) in [6, 6.07) is 1.69. The molecule has 0 aliphatic heterocycles. The zero-order valence-electron chi connectivity index (χ0n) is 49.7. The number of benzene rings is 1. The van der Waals surface area contributed by atoms with Gasteiger partial charge in [-0.3, -0.25) is 43.2 Å². The average molecular weight is 1100 g/mol. The van der Waals surface area contributed by atoms with Gasteiger partial charge in [0.2, 0.25) is 53.2 Å². The van der Waals surface area contributed by atoms with E-state index in [9.17, 15) is 52.7 Å². The number of carbonyl (C=O) groups is 11. The Balaban J connectivity index is 3.28. The fourth-order valence-electron chi connectivity index (χ4n) is 7.60. The first-order chi connectivity index (χ1) is 35.7. The zero-order valence-corrected chi connectivity index (χ0v) is 49.7. The second kappa shape index (κ2) is 29.8. The van der Waals surface area contributed by atoms with Crippen molar-refractivity contribution in [2.24, 2.45) is 29.6 Å². The molecular formula is C55H92N10O13. The molecule has 23 heteroatoms. The molecule has 0 spiro atoms. The van der Waals surface area contributed by atoms with Crippen molar-refractivity contribution in [1.82, 2.24) is 53.2 Å². The van der Waals surface area contributed by atoms with Gasteiger partial charge in [0, 0.05) is 6.42 Å². The summed E-state index contributed by atoms with van der Waals surface area (Å²) < 4.78 is 10.1. The van der Waals surface area contributed by atoms with Crippen LogP contribution in [0.25, 0.3) is 0 Å². The monoisotopic (exact) mass is 1100 g/mol. The molecule has 1 aromatic carbocycles. The minimum Gasteiger partial charge on any atom is -0.467 e. The van der Waals surface area contributed by atoms with Crippen LogP contribution in [0.1, 0.15) is 144 Å². The Hall–Kier alpha value is -6.81. The highest BCUT2D eigenvalue weighted by atomic mass is 16.6. The molecule has 0 unspecified atom stereocenters. The maximum Gasteiger partial charge on any atom is 0.408 e. The van der Waals surface area contributed by atoms with Gasteiger partial charge in [0.05, 0.1) is 13.7 Å². The van der Waals surface area contributed by atoms with E-state index in [0.29, 0.717) is 12.0 Å². The zero-order chi connectivity index (χ0) is 60.4. The predicted octanol–water partition coefficient (Wildman–Crippen LogP) is 2.19. The molecule has 0 radical (unpaired) electrons. The van der Waals surface area contributed by atoms with Gasteiger partial charge in [-0.15, -0.1) is 0 Å². The number of rotatable bonds is 28. The lowest BCUT2D eigenvalue weighted by atomic mass is 9.94. The molecule has 10 N–H and O–H groups in total. The number of amides is 10. The van der Waals surface area contributed by atoms with Crippen molar-refractivity contribution >= 4 is 65.2 Å². The average Bonchev–Trinajstić information content (AvgIpc) is 3.31. The van der Waals surface area contributed by atoms with E-state index in [1.807, 2.05) is 0 Å². The fourth-order valence-corrected chi connectivity index (χ4v) is 7.60. The minimum atomic E-state index is -1.70. The molecule has 0 heterocycles. The number of hydrogen-bond donors (Lipinski definition) is 10. The molecule has 78 heavy (non-hydrogen) atoms. The van der Waals surface area contributed by atoms with Gasteiger partial charge >= 0.3 is 12.1 Å². The first kappa shape index (κ1) is 69.2. The van der Waals surface area contributed by atoms with Gasteiger partial charge in [0.15, 0.2) is 0 Å². The van der Waals surface area contributed by atoms with Crippen molar-refractivity contribution in [2.45, 2.75) is 203 Å². The quantitative estimate of drug-likeness (QED) is 0.0539. The van der Waals surface area contributed by atoms with Crippen LogP contribution in [0.15, 0.2) is 30.3 Å². The van der Waals surface area contributed by atoms with E-state index in [0.717, 1.165) is 0 Å². The standard InChI is InChI=1S/C55H92N10O13/c1-21-33(10)41(47(72)64-54(16,17)48(73)57-35(27-34-25-23-22-24-26-34)42(67)58-40(32(8)9)46(71)65-55(18,19)50(75)77-20)60-44(69)38(30(4)5)59-45(70)39(31(6)7)61-49(74)53(14,15)63-36(66)28-56-43(68)37(29(2)3)62-51(76)78-52(11,12)13/h22-26,29-33,35,37-41H,21,27-28H2,1-20H3,(H,56,68)(H,57,73)(H,58,67)(H,59,70)(H,60,69)(H,61,74)(H,62,76)(H,63,66)(H,64,72)(H,65,71)/t33-,35-,37-,38+,39+,40-,41-/m0/s1. The Morgan fingerprint density at radius 1 is 0.474 bits per heavy atom. The highest BCUT2D eigenvalue weighted by Gasteiger charge is 2.41. The Labute approximate surface area is 461 Å². The fraction of sp³-hybridized carbons (Fsp3) is 0.691. The lowest BCUT2D eigenvalue weighted by Gasteiger charge is -2.33. The van der Waals surface area contributed by atoms with Crippen LogP contribution in [0.4, 0.5) is 4.79 Å². The van der Waals surface area contributed by atoms with E-state index in [-0.39, 0.29) is 12.3 Å². The largest absolute Gasteiger partial charge is 0.467 e. The highest BCUT2D eigenvalue weighted by Crippen LogP contribution is 2.17. The lowest BCUT2D eigenvalue weighted by molar-refractivity contribution is -0.150. The third-order valence-electron chi connectivity index (χ3n) is 12.6. The van der Waals surface area contributed by atoms with Crippen LogP contribution in [0.5, 0.6) is 0 Å². The molecule has 0 aliphatic carbocycles. The van der Waals surface area contributed by atoms with Crippen LogP contribution in [-0.2, 0) is 63.8 Å². The molecule has 1 rings (SSSR count). The maximum absolute atomic E-state index is 14.2. The Bertz CT molecular complexity index is 2270. The summed E-state index contributed by atoms with van der Waals surface area (Å²) in [6.07, 6.45) is -0.424. The van der Waals surface area contributed by atoms with Gasteiger partial charge in [0.25, 0.3) is 0 Å². The predicted molar refractivity (Wildman–Crippen MR) is 293 cm³/mol. The summed E-state index contributed by atoms with van der Waals surface area (Å²) in [7, 11) is 1.18. The lowest BCUT2D eigenvalue weighted by Crippen LogP contribution is -2.65. The van der Waals surface area contributed by atoms with E-state index in [1.54, 1.807) is 120 Å². The van der Waals surface area contributed by atoms with Crippen LogP contribution in [-0.4, -0.2) is 137 Å². The van der Waals surface area contributed by atoms with Crippen molar-refractivity contribution in [2.75, 3.05) is 13.7 Å². The Morgan fingerprint density at radius 3 is 1.36 bits per heavy atom. The third kappa shape index (κ3) is 22.3. The molecule has 0 bridgehead atoms. The second-order valence-corrected chi connectivity index (χ2v) is 23.7. The Morgan fingerprint density at radius 2 is 0.885 bits per heavy atom. The number of hydrogen-bond acceptors (Lipinski definition) is 13.